The van der Waals surface area contributed by atoms with Gasteiger partial charge in [0.2, 0.25) is 0 Å². The van der Waals surface area contributed by atoms with Gasteiger partial charge < -0.3 is 13.7 Å². The lowest BCUT2D eigenvalue weighted by molar-refractivity contribution is 1.10. The number of aryl methyl sites for hydroxylation is 1. The molecule has 242 valence electrons. The first-order valence-electron chi connectivity index (χ1n) is 17.7. The third-order valence-corrected chi connectivity index (χ3v) is 10.5. The van der Waals surface area contributed by atoms with E-state index >= 15 is 0 Å². The fourth-order valence-electron chi connectivity index (χ4n) is 8.29. The van der Waals surface area contributed by atoms with Crippen LogP contribution in [0.3, 0.4) is 0 Å². The van der Waals surface area contributed by atoms with Crippen molar-refractivity contribution in [1.29, 1.82) is 0 Å². The van der Waals surface area contributed by atoms with E-state index in [2.05, 4.69) is 203 Å². The SMILES string of the molecule is C/C=C\c1c(C)c2ccc3c(c4ccccc4n3-c3ccc(-c4ccc5c(c4)c4ccccc4n5-c4ccccc4)cc3)c2n1-c1ccccc1. The standard InChI is InChI=1S/C48H35N3/c1-3-14-42-32(2)38-28-30-46-47(48(38)51(42)36-17-8-5-9-18-36)40-20-11-13-22-44(40)50(46)37-26-23-33(24-27-37)34-25-29-45-41(31-34)39-19-10-12-21-43(39)49(45)35-15-6-4-7-16-35/h3-31H,1-2H3/b14-3-. The van der Waals surface area contributed by atoms with E-state index in [9.17, 15) is 0 Å². The van der Waals surface area contributed by atoms with Crippen LogP contribution in [-0.4, -0.2) is 13.7 Å². The first-order valence-corrected chi connectivity index (χ1v) is 17.7. The molecule has 51 heavy (non-hydrogen) atoms. The van der Waals surface area contributed by atoms with Crippen LogP contribution in [0.2, 0.25) is 0 Å². The number of allylic oxidation sites excluding steroid dienone is 1. The van der Waals surface area contributed by atoms with Crippen molar-refractivity contribution in [2.24, 2.45) is 0 Å². The third-order valence-electron chi connectivity index (χ3n) is 10.5. The lowest BCUT2D eigenvalue weighted by atomic mass is 10.0. The highest BCUT2D eigenvalue weighted by molar-refractivity contribution is 6.22. The normalized spacial score (nSPS) is 12.0. The van der Waals surface area contributed by atoms with Gasteiger partial charge in [0.15, 0.2) is 0 Å². The Bertz CT molecular complexity index is 2950. The molecule has 7 aromatic carbocycles. The number of nitrogens with zero attached hydrogens (tertiary/aromatic N) is 3. The third kappa shape index (κ3) is 4.38. The van der Waals surface area contributed by atoms with Gasteiger partial charge in [-0.2, -0.15) is 0 Å². The van der Waals surface area contributed by atoms with Crippen LogP contribution >= 0.6 is 0 Å². The minimum Gasteiger partial charge on any atom is -0.309 e. The molecular formula is C48H35N3. The topological polar surface area (TPSA) is 14.8 Å². The number of fused-ring (bicyclic) bond motifs is 8. The summed E-state index contributed by atoms with van der Waals surface area (Å²) < 4.78 is 7.24. The zero-order valence-corrected chi connectivity index (χ0v) is 28.6. The summed E-state index contributed by atoms with van der Waals surface area (Å²) in [4.78, 5) is 0. The quantitative estimate of drug-likeness (QED) is 0.176. The zero-order chi connectivity index (χ0) is 34.1. The minimum absolute atomic E-state index is 1.15. The largest absolute Gasteiger partial charge is 0.309 e. The molecule has 0 N–H and O–H groups in total. The summed E-state index contributed by atoms with van der Waals surface area (Å²) in [5, 5.41) is 6.33. The van der Waals surface area contributed by atoms with Gasteiger partial charge >= 0.3 is 0 Å². The maximum atomic E-state index is 2.44. The Hall–Kier alpha value is -6.58. The molecule has 0 unspecified atom stereocenters. The first kappa shape index (κ1) is 29.3. The van der Waals surface area contributed by atoms with E-state index in [0.29, 0.717) is 0 Å². The smallest absolute Gasteiger partial charge is 0.0637 e. The monoisotopic (exact) mass is 653 g/mol. The first-order chi connectivity index (χ1) is 25.2. The van der Waals surface area contributed by atoms with Crippen LogP contribution in [0.15, 0.2) is 170 Å². The van der Waals surface area contributed by atoms with E-state index < -0.39 is 0 Å². The molecule has 0 spiro atoms. The van der Waals surface area contributed by atoms with Crippen molar-refractivity contribution in [3.05, 3.63) is 181 Å². The van der Waals surface area contributed by atoms with Gasteiger partial charge in [-0.15, -0.1) is 0 Å². The van der Waals surface area contributed by atoms with E-state index in [1.165, 1.54) is 88.3 Å². The molecule has 10 rings (SSSR count). The van der Waals surface area contributed by atoms with Gasteiger partial charge in [0.05, 0.1) is 27.6 Å². The van der Waals surface area contributed by atoms with Crippen LogP contribution < -0.4 is 0 Å². The van der Waals surface area contributed by atoms with Crippen LogP contribution in [0.4, 0.5) is 0 Å². The molecule has 3 heterocycles. The fourth-order valence-corrected chi connectivity index (χ4v) is 8.29. The molecule has 0 aliphatic rings. The summed E-state index contributed by atoms with van der Waals surface area (Å²) in [6.07, 6.45) is 4.38. The fraction of sp³-hybridized carbons (Fsp3) is 0.0417. The van der Waals surface area contributed by atoms with E-state index in [1.54, 1.807) is 0 Å². The van der Waals surface area contributed by atoms with E-state index in [4.69, 9.17) is 0 Å². The highest BCUT2D eigenvalue weighted by atomic mass is 15.0. The summed E-state index contributed by atoms with van der Waals surface area (Å²) in [6, 6.07) is 59.5. The summed E-state index contributed by atoms with van der Waals surface area (Å²) in [6.45, 7) is 4.34. The average molecular weight is 654 g/mol. The van der Waals surface area contributed by atoms with Gasteiger partial charge in [-0.1, -0.05) is 103 Å². The van der Waals surface area contributed by atoms with Gasteiger partial charge in [0, 0.05) is 49.7 Å². The number of hydrogen-bond donors (Lipinski definition) is 0. The Morgan fingerprint density at radius 2 is 0.941 bits per heavy atom. The van der Waals surface area contributed by atoms with Gasteiger partial charge in [-0.3, -0.25) is 0 Å². The van der Waals surface area contributed by atoms with Gasteiger partial charge in [0.1, 0.15) is 0 Å². The summed E-state index contributed by atoms with van der Waals surface area (Å²) >= 11 is 0. The Kier molecular flexibility index (Phi) is 6.62. The lowest BCUT2D eigenvalue weighted by Gasteiger charge is -2.11. The van der Waals surface area contributed by atoms with Crippen molar-refractivity contribution >= 4 is 60.6 Å². The van der Waals surface area contributed by atoms with Crippen molar-refractivity contribution in [3.8, 4) is 28.2 Å². The minimum atomic E-state index is 1.15. The summed E-state index contributed by atoms with van der Waals surface area (Å²) in [5.41, 5.74) is 14.5. The number of benzene rings is 7. The Labute approximate surface area is 296 Å². The molecule has 0 saturated heterocycles. The molecule has 0 bridgehead atoms. The van der Waals surface area contributed by atoms with E-state index in [-0.39, 0.29) is 0 Å². The zero-order valence-electron chi connectivity index (χ0n) is 28.6. The van der Waals surface area contributed by atoms with Gasteiger partial charge in [-0.25, -0.2) is 0 Å². The second-order valence-corrected chi connectivity index (χ2v) is 13.4. The molecule has 0 amide bonds. The Morgan fingerprint density at radius 3 is 1.65 bits per heavy atom. The number of para-hydroxylation sites is 4. The van der Waals surface area contributed by atoms with E-state index in [1.807, 2.05) is 0 Å². The molecule has 3 heteroatoms. The lowest BCUT2D eigenvalue weighted by Crippen LogP contribution is -1.97. The molecule has 0 radical (unpaired) electrons. The van der Waals surface area contributed by atoms with E-state index in [0.717, 1.165) is 5.69 Å². The number of aromatic nitrogens is 3. The molecule has 0 aliphatic carbocycles. The Balaban J connectivity index is 1.15. The van der Waals surface area contributed by atoms with Gasteiger partial charge in [0.25, 0.3) is 0 Å². The molecule has 0 atom stereocenters. The second kappa shape index (κ2) is 11.5. The average Bonchev–Trinajstić information content (AvgIpc) is 3.80. The second-order valence-electron chi connectivity index (χ2n) is 13.4. The summed E-state index contributed by atoms with van der Waals surface area (Å²) in [7, 11) is 0. The van der Waals surface area contributed by atoms with Crippen molar-refractivity contribution in [2.75, 3.05) is 0 Å². The molecular weight excluding hydrogens is 619 g/mol. The molecule has 0 aliphatic heterocycles. The highest BCUT2D eigenvalue weighted by Gasteiger charge is 2.21. The highest BCUT2D eigenvalue weighted by Crippen LogP contribution is 2.42. The van der Waals surface area contributed by atoms with Crippen LogP contribution in [-0.2, 0) is 0 Å². The molecule has 10 aromatic rings. The van der Waals surface area contributed by atoms with Crippen LogP contribution in [0.5, 0.6) is 0 Å². The van der Waals surface area contributed by atoms with Crippen LogP contribution in [0, 0.1) is 6.92 Å². The number of rotatable bonds is 5. The summed E-state index contributed by atoms with van der Waals surface area (Å²) in [5.74, 6) is 0. The molecule has 0 fully saturated rings. The van der Waals surface area contributed by atoms with Crippen LogP contribution in [0.1, 0.15) is 18.2 Å². The van der Waals surface area contributed by atoms with Crippen molar-refractivity contribution < 1.29 is 0 Å². The van der Waals surface area contributed by atoms with Gasteiger partial charge in [-0.05, 0) is 103 Å². The predicted octanol–water partition coefficient (Wildman–Crippen LogP) is 12.8. The maximum absolute atomic E-state index is 2.44. The molecule has 0 saturated carbocycles. The van der Waals surface area contributed by atoms with Crippen molar-refractivity contribution in [1.82, 2.24) is 13.7 Å². The van der Waals surface area contributed by atoms with Crippen molar-refractivity contribution in [3.63, 3.8) is 0 Å². The molecule has 3 aromatic heterocycles. The van der Waals surface area contributed by atoms with Crippen molar-refractivity contribution in [2.45, 2.75) is 13.8 Å². The number of hydrogen-bond acceptors (Lipinski definition) is 0. The predicted molar refractivity (Wildman–Crippen MR) is 217 cm³/mol. The Morgan fingerprint density at radius 1 is 0.412 bits per heavy atom. The molecule has 3 nitrogen and oxygen atoms in total. The van der Waals surface area contributed by atoms with Crippen LogP contribution in [0.25, 0.3) is 88.8 Å². The maximum Gasteiger partial charge on any atom is 0.0637 e.